The number of hydrogen-bond donors (Lipinski definition) is 3. The number of benzene rings is 1. The number of thioether (sulfide) groups is 1. The van der Waals surface area contributed by atoms with E-state index >= 15 is 0 Å². The summed E-state index contributed by atoms with van der Waals surface area (Å²) in [6.07, 6.45) is 0.957. The lowest BCUT2D eigenvalue weighted by Crippen LogP contribution is -2.43. The fraction of sp³-hybridized carbons (Fsp3) is 0.188. The number of aliphatic carboxylic acids is 1. The molecule has 3 aromatic rings. The topological polar surface area (TPSA) is 144 Å². The van der Waals surface area contributed by atoms with Crippen LogP contribution in [0.5, 0.6) is 0 Å². The molecule has 0 spiro atoms. The van der Waals surface area contributed by atoms with Gasteiger partial charge in [0, 0.05) is 11.3 Å². The first-order valence-corrected chi connectivity index (χ1v) is 8.78. The first kappa shape index (κ1) is 19.6. The Balaban J connectivity index is 1.97. The van der Waals surface area contributed by atoms with E-state index in [2.05, 4.69) is 25.3 Å². The molecule has 3 N–H and O–H groups in total. The van der Waals surface area contributed by atoms with Crippen LogP contribution in [0.15, 0.2) is 34.3 Å². The molecule has 0 saturated heterocycles. The number of aromatic nitrogens is 4. The van der Waals surface area contributed by atoms with E-state index in [0.717, 1.165) is 24.0 Å². The van der Waals surface area contributed by atoms with Crippen molar-refractivity contribution in [2.24, 2.45) is 0 Å². The van der Waals surface area contributed by atoms with Crippen molar-refractivity contribution in [2.45, 2.75) is 17.0 Å². The fourth-order valence-electron chi connectivity index (χ4n) is 2.23. The summed E-state index contributed by atoms with van der Waals surface area (Å²) in [5.74, 6) is -3.67. The molecule has 0 amide bonds. The smallest absolute Gasteiger partial charge is 0.268 e. The van der Waals surface area contributed by atoms with E-state index in [9.17, 15) is 23.5 Å². The number of hydrogen-bond acceptors (Lipinski definition) is 9. The van der Waals surface area contributed by atoms with Crippen LogP contribution in [0.3, 0.4) is 0 Å². The van der Waals surface area contributed by atoms with E-state index in [1.807, 2.05) is 0 Å². The lowest BCUT2D eigenvalue weighted by Gasteiger charge is -2.18. The van der Waals surface area contributed by atoms with Crippen LogP contribution in [-0.4, -0.2) is 43.7 Å². The van der Waals surface area contributed by atoms with Crippen LogP contribution in [0, 0.1) is 11.6 Å². The maximum Gasteiger partial charge on any atom is 0.268 e. The van der Waals surface area contributed by atoms with Gasteiger partial charge in [0.1, 0.15) is 5.52 Å². The second-order valence-corrected chi connectivity index (χ2v) is 6.44. The minimum Gasteiger partial charge on any atom is -0.548 e. The number of carboxylic acids is 1. The molecule has 2 heterocycles. The second-order valence-electron chi connectivity index (χ2n) is 5.50. The Morgan fingerprint density at radius 3 is 2.86 bits per heavy atom. The van der Waals surface area contributed by atoms with Crippen LogP contribution in [0.4, 0.5) is 14.6 Å². The highest BCUT2D eigenvalue weighted by Crippen LogP contribution is 2.26. The number of H-pyrrole nitrogens is 1. The summed E-state index contributed by atoms with van der Waals surface area (Å²) in [5, 5.41) is 22.7. The molecule has 146 valence electrons. The zero-order valence-electron chi connectivity index (χ0n) is 14.0. The summed E-state index contributed by atoms with van der Waals surface area (Å²) in [5.41, 5.74) is -0.420. The third kappa shape index (κ3) is 4.23. The van der Waals surface area contributed by atoms with Gasteiger partial charge in [-0.05, 0) is 6.07 Å². The first-order valence-electron chi connectivity index (χ1n) is 7.80. The van der Waals surface area contributed by atoms with Gasteiger partial charge in [0.15, 0.2) is 28.3 Å². The monoisotopic (exact) mass is 408 g/mol. The van der Waals surface area contributed by atoms with Crippen molar-refractivity contribution in [3.63, 3.8) is 0 Å². The van der Waals surface area contributed by atoms with E-state index in [1.165, 1.54) is 12.1 Å². The van der Waals surface area contributed by atoms with Crippen molar-refractivity contribution in [1.82, 2.24) is 19.9 Å². The molecule has 0 radical (unpaired) electrons. The maximum absolute atomic E-state index is 13.8. The summed E-state index contributed by atoms with van der Waals surface area (Å²) in [6, 6.07) is 2.26. The largest absolute Gasteiger partial charge is 0.548 e. The van der Waals surface area contributed by atoms with E-state index in [1.54, 1.807) is 0 Å². The highest BCUT2D eigenvalue weighted by Gasteiger charge is 2.16. The van der Waals surface area contributed by atoms with Crippen molar-refractivity contribution in [1.29, 1.82) is 0 Å². The van der Waals surface area contributed by atoms with Gasteiger partial charge in [-0.25, -0.2) is 23.7 Å². The number of carbonyl (C=O) groups excluding carboxylic acids is 1. The number of carbonyl (C=O) groups is 1. The normalized spacial score (nSPS) is 12.1. The molecule has 12 heteroatoms. The molecule has 0 aliphatic heterocycles. The first-order chi connectivity index (χ1) is 13.4. The number of fused-ring (bicyclic) bond motifs is 1. The number of aliphatic hydroxyl groups is 1. The third-order valence-electron chi connectivity index (χ3n) is 3.58. The summed E-state index contributed by atoms with van der Waals surface area (Å²) in [4.78, 5) is 37.1. The molecule has 0 aliphatic carbocycles. The van der Waals surface area contributed by atoms with E-state index < -0.39 is 35.8 Å². The fourth-order valence-corrected chi connectivity index (χ4v) is 3.05. The van der Waals surface area contributed by atoms with Crippen LogP contribution in [0.25, 0.3) is 11.2 Å². The predicted molar refractivity (Wildman–Crippen MR) is 93.4 cm³/mol. The van der Waals surface area contributed by atoms with Crippen LogP contribution < -0.4 is 16.0 Å². The van der Waals surface area contributed by atoms with Gasteiger partial charge in [-0.2, -0.15) is 0 Å². The Morgan fingerprint density at radius 1 is 1.36 bits per heavy atom. The van der Waals surface area contributed by atoms with Crippen molar-refractivity contribution in [2.75, 3.05) is 11.9 Å². The summed E-state index contributed by atoms with van der Waals surface area (Å²) in [6.45, 7) is -0.784. The number of halogens is 2. The Kier molecular flexibility index (Phi) is 5.80. The average molecular weight is 408 g/mol. The zero-order valence-corrected chi connectivity index (χ0v) is 14.8. The second kappa shape index (κ2) is 8.27. The van der Waals surface area contributed by atoms with Gasteiger partial charge in [-0.3, -0.25) is 4.79 Å². The predicted octanol–water partition coefficient (Wildman–Crippen LogP) is -0.194. The molecular formula is C16H12F2N5O4S-. The summed E-state index contributed by atoms with van der Waals surface area (Å²) >= 11 is 0.930. The zero-order chi connectivity index (χ0) is 20.3. The van der Waals surface area contributed by atoms with Crippen molar-refractivity contribution in [3.8, 4) is 0 Å². The minimum atomic E-state index is -1.57. The Hall–Kier alpha value is -3.12. The van der Waals surface area contributed by atoms with Crippen molar-refractivity contribution in [3.05, 3.63) is 51.9 Å². The van der Waals surface area contributed by atoms with Crippen molar-refractivity contribution < 1.29 is 23.8 Å². The number of aliphatic hydroxyl groups excluding tert-OH is 1. The van der Waals surface area contributed by atoms with Gasteiger partial charge in [0.25, 0.3) is 5.56 Å². The number of rotatable bonds is 7. The molecule has 1 unspecified atom stereocenters. The van der Waals surface area contributed by atoms with Gasteiger partial charge in [-0.1, -0.05) is 23.9 Å². The highest BCUT2D eigenvalue weighted by atomic mass is 32.2. The molecule has 0 saturated carbocycles. The van der Waals surface area contributed by atoms with E-state index in [0.29, 0.717) is 0 Å². The Labute approximate surface area is 159 Å². The number of carboxylic acid groups (broad SMARTS) is 1. The highest BCUT2D eigenvalue weighted by molar-refractivity contribution is 7.98. The van der Waals surface area contributed by atoms with Crippen LogP contribution in [0.2, 0.25) is 0 Å². The third-order valence-corrected chi connectivity index (χ3v) is 4.48. The number of nitrogens with zero attached hydrogens (tertiary/aromatic N) is 3. The quantitative estimate of drug-likeness (QED) is 0.358. The van der Waals surface area contributed by atoms with Gasteiger partial charge < -0.3 is 25.3 Å². The summed E-state index contributed by atoms with van der Waals surface area (Å²) < 4.78 is 27.1. The van der Waals surface area contributed by atoms with Crippen LogP contribution >= 0.6 is 11.8 Å². The van der Waals surface area contributed by atoms with Crippen LogP contribution in [-0.2, 0) is 10.5 Å². The molecule has 9 nitrogen and oxygen atoms in total. The van der Waals surface area contributed by atoms with E-state index in [-0.39, 0.29) is 33.5 Å². The number of aromatic amines is 1. The molecule has 28 heavy (non-hydrogen) atoms. The lowest BCUT2D eigenvalue weighted by atomic mass is 10.2. The van der Waals surface area contributed by atoms with Crippen molar-refractivity contribution >= 4 is 34.7 Å². The number of nitrogens with one attached hydrogen (secondary N) is 2. The maximum atomic E-state index is 13.8. The Bertz CT molecular complexity index is 1090. The standard InChI is InChI=1S/C16H13F2N5O4S/c17-8-3-1-2-7(11(8)18)6-28-16-22-13(20-9(5-24)15(26)27)12-14(23-16)21-10(25)4-19-12/h1-4,9,24H,5-6H2,(H,26,27)(H2,20,21,22,23,25)/p-1. The number of anilines is 1. The molecular weight excluding hydrogens is 396 g/mol. The molecule has 1 aromatic carbocycles. The van der Waals surface area contributed by atoms with Gasteiger partial charge in [0.05, 0.1) is 24.8 Å². The average Bonchev–Trinajstić information content (AvgIpc) is 2.66. The lowest BCUT2D eigenvalue weighted by molar-refractivity contribution is -0.307. The molecule has 0 bridgehead atoms. The molecule has 3 rings (SSSR count). The van der Waals surface area contributed by atoms with Gasteiger partial charge >= 0.3 is 0 Å². The molecule has 0 aliphatic rings. The van der Waals surface area contributed by atoms with Crippen LogP contribution in [0.1, 0.15) is 5.56 Å². The summed E-state index contributed by atoms with van der Waals surface area (Å²) in [7, 11) is 0. The molecule has 1 atom stereocenters. The molecule has 2 aromatic heterocycles. The molecule has 0 fully saturated rings. The van der Waals surface area contributed by atoms with E-state index in [4.69, 9.17) is 5.11 Å². The SMILES string of the molecule is O=C([O-])C(CO)Nc1nc(SCc2cccc(F)c2F)nc2[nH]c(=O)cnc12. The Morgan fingerprint density at radius 2 is 2.14 bits per heavy atom. The van der Waals surface area contributed by atoms with Gasteiger partial charge in [-0.15, -0.1) is 0 Å². The van der Waals surface area contributed by atoms with Gasteiger partial charge in [0.2, 0.25) is 0 Å². The minimum absolute atomic E-state index is 0.00209.